The third-order valence-corrected chi connectivity index (χ3v) is 1.95. The van der Waals surface area contributed by atoms with E-state index in [1.54, 1.807) is 20.8 Å². The molecule has 0 fully saturated rings. The van der Waals surface area contributed by atoms with Crippen molar-refractivity contribution in [3.63, 3.8) is 0 Å². The van der Waals surface area contributed by atoms with Crippen molar-refractivity contribution in [2.24, 2.45) is 5.92 Å². The lowest BCUT2D eigenvalue weighted by Crippen LogP contribution is -2.41. The molecule has 1 unspecified atom stereocenters. The van der Waals surface area contributed by atoms with Gasteiger partial charge >= 0.3 is 6.09 Å². The summed E-state index contributed by atoms with van der Waals surface area (Å²) in [5.74, 6) is -0.112. The zero-order chi connectivity index (χ0) is 12.8. The molecule has 0 aromatic rings. The van der Waals surface area contributed by atoms with Crippen molar-refractivity contribution in [1.29, 1.82) is 0 Å². The maximum Gasteiger partial charge on any atom is 0.409 e. The van der Waals surface area contributed by atoms with Gasteiger partial charge < -0.3 is 15.4 Å². The molecule has 0 aromatic carbocycles. The van der Waals surface area contributed by atoms with Crippen LogP contribution in [0, 0.1) is 5.92 Å². The summed E-state index contributed by atoms with van der Waals surface area (Å²) in [5, 5.41) is 5.06. The summed E-state index contributed by atoms with van der Waals surface area (Å²) in [6, 6.07) is 0. The van der Waals surface area contributed by atoms with E-state index in [2.05, 4.69) is 10.6 Å². The van der Waals surface area contributed by atoms with Gasteiger partial charge in [0, 0.05) is 5.92 Å². The van der Waals surface area contributed by atoms with Crippen LogP contribution >= 0.6 is 0 Å². The van der Waals surface area contributed by atoms with Gasteiger partial charge in [0.2, 0.25) is 5.91 Å². The Morgan fingerprint density at radius 1 is 1.25 bits per heavy atom. The normalized spacial score (nSPS) is 12.8. The van der Waals surface area contributed by atoms with Crippen LogP contribution in [0.5, 0.6) is 0 Å². The summed E-state index contributed by atoms with van der Waals surface area (Å²) in [7, 11) is 0. The van der Waals surface area contributed by atoms with Gasteiger partial charge in [-0.2, -0.15) is 0 Å². The minimum Gasteiger partial charge on any atom is -0.444 e. The van der Waals surface area contributed by atoms with Crippen LogP contribution in [0.4, 0.5) is 4.79 Å². The second-order valence-corrected chi connectivity index (χ2v) is 4.71. The molecule has 5 heteroatoms. The number of hydrogen-bond acceptors (Lipinski definition) is 3. The average Bonchev–Trinajstić information content (AvgIpc) is 2.13. The molecule has 0 aliphatic rings. The molecule has 0 heterocycles. The van der Waals surface area contributed by atoms with E-state index in [1.165, 1.54) is 0 Å². The number of carbonyl (C=O) groups excluding carboxylic acids is 2. The Bertz CT molecular complexity index is 246. The Hall–Kier alpha value is -1.26. The Morgan fingerprint density at radius 2 is 1.81 bits per heavy atom. The van der Waals surface area contributed by atoms with E-state index in [9.17, 15) is 9.59 Å². The minimum absolute atomic E-state index is 0.0413. The van der Waals surface area contributed by atoms with Crippen LogP contribution in [0.15, 0.2) is 0 Å². The van der Waals surface area contributed by atoms with Crippen LogP contribution in [-0.2, 0) is 9.53 Å². The standard InChI is InChI=1S/C11H22N2O3/c1-6-8(2)9(14)12-7-13-10(15)16-11(3,4)5/h8H,6-7H2,1-5H3,(H,12,14)(H,13,15). The van der Waals surface area contributed by atoms with Crippen molar-refractivity contribution < 1.29 is 14.3 Å². The Kier molecular flexibility index (Phi) is 5.85. The van der Waals surface area contributed by atoms with Gasteiger partial charge in [-0.3, -0.25) is 4.79 Å². The average molecular weight is 230 g/mol. The fourth-order valence-electron chi connectivity index (χ4n) is 0.877. The summed E-state index contributed by atoms with van der Waals surface area (Å²) in [5.41, 5.74) is -0.523. The lowest BCUT2D eigenvalue weighted by atomic mass is 10.1. The highest BCUT2D eigenvalue weighted by atomic mass is 16.6. The van der Waals surface area contributed by atoms with Gasteiger partial charge in [0.1, 0.15) is 5.60 Å². The Balaban J connectivity index is 3.75. The summed E-state index contributed by atoms with van der Waals surface area (Å²) >= 11 is 0. The third-order valence-electron chi connectivity index (χ3n) is 1.95. The molecular formula is C11H22N2O3. The van der Waals surface area contributed by atoms with Crippen molar-refractivity contribution in [1.82, 2.24) is 10.6 Å². The Morgan fingerprint density at radius 3 is 2.25 bits per heavy atom. The van der Waals surface area contributed by atoms with Crippen molar-refractivity contribution in [3.05, 3.63) is 0 Å². The zero-order valence-electron chi connectivity index (χ0n) is 10.7. The molecule has 0 aromatic heterocycles. The number of rotatable bonds is 4. The van der Waals surface area contributed by atoms with Gasteiger partial charge in [-0.15, -0.1) is 0 Å². The Labute approximate surface area is 96.9 Å². The SMILES string of the molecule is CCC(C)C(=O)NCNC(=O)OC(C)(C)C. The van der Waals surface area contributed by atoms with Crippen molar-refractivity contribution >= 4 is 12.0 Å². The highest BCUT2D eigenvalue weighted by Gasteiger charge is 2.16. The third kappa shape index (κ3) is 7.09. The predicted molar refractivity (Wildman–Crippen MR) is 61.8 cm³/mol. The molecule has 0 radical (unpaired) electrons. The summed E-state index contributed by atoms with van der Waals surface area (Å²) < 4.78 is 5.00. The fraction of sp³-hybridized carbons (Fsp3) is 0.818. The van der Waals surface area contributed by atoms with E-state index < -0.39 is 11.7 Å². The molecule has 0 bridgehead atoms. The summed E-state index contributed by atoms with van der Waals surface area (Å²) in [6.07, 6.45) is 0.245. The topological polar surface area (TPSA) is 67.4 Å². The molecule has 0 saturated heterocycles. The fourth-order valence-corrected chi connectivity index (χ4v) is 0.877. The van der Waals surface area contributed by atoms with E-state index in [-0.39, 0.29) is 18.5 Å². The molecule has 5 nitrogen and oxygen atoms in total. The first-order chi connectivity index (χ1) is 7.26. The molecule has 0 aliphatic heterocycles. The predicted octanol–water partition coefficient (Wildman–Crippen LogP) is 1.63. The number of amides is 2. The first-order valence-corrected chi connectivity index (χ1v) is 5.50. The minimum atomic E-state index is -0.531. The number of alkyl carbamates (subject to hydrolysis) is 1. The van der Waals surface area contributed by atoms with Crippen molar-refractivity contribution in [2.45, 2.75) is 46.6 Å². The highest BCUT2D eigenvalue weighted by molar-refractivity contribution is 5.78. The van der Waals surface area contributed by atoms with Crippen LogP contribution in [0.1, 0.15) is 41.0 Å². The van der Waals surface area contributed by atoms with E-state index in [0.29, 0.717) is 0 Å². The van der Waals surface area contributed by atoms with Gasteiger partial charge in [0.15, 0.2) is 0 Å². The van der Waals surface area contributed by atoms with Crippen LogP contribution in [0.3, 0.4) is 0 Å². The highest BCUT2D eigenvalue weighted by Crippen LogP contribution is 2.06. The molecule has 16 heavy (non-hydrogen) atoms. The maximum absolute atomic E-state index is 11.3. The zero-order valence-corrected chi connectivity index (χ0v) is 10.7. The lowest BCUT2D eigenvalue weighted by Gasteiger charge is -2.20. The number of ether oxygens (including phenoxy) is 1. The molecule has 1 atom stereocenters. The summed E-state index contributed by atoms with van der Waals surface area (Å²) in [6.45, 7) is 9.21. The monoisotopic (exact) mass is 230 g/mol. The molecule has 0 saturated carbocycles. The van der Waals surface area contributed by atoms with E-state index >= 15 is 0 Å². The van der Waals surface area contributed by atoms with Crippen molar-refractivity contribution in [2.75, 3.05) is 6.67 Å². The van der Waals surface area contributed by atoms with Crippen LogP contribution in [-0.4, -0.2) is 24.3 Å². The van der Waals surface area contributed by atoms with Crippen molar-refractivity contribution in [3.8, 4) is 0 Å². The second-order valence-electron chi connectivity index (χ2n) is 4.71. The quantitative estimate of drug-likeness (QED) is 0.721. The molecule has 2 N–H and O–H groups in total. The van der Waals surface area contributed by atoms with E-state index in [1.807, 2.05) is 13.8 Å². The molecule has 0 aliphatic carbocycles. The van der Waals surface area contributed by atoms with Crippen LogP contribution in [0.2, 0.25) is 0 Å². The maximum atomic E-state index is 11.3. The second kappa shape index (κ2) is 6.35. The van der Waals surface area contributed by atoms with Crippen LogP contribution in [0.25, 0.3) is 0 Å². The van der Waals surface area contributed by atoms with E-state index in [0.717, 1.165) is 6.42 Å². The van der Waals surface area contributed by atoms with Gasteiger partial charge in [-0.05, 0) is 27.2 Å². The number of nitrogens with one attached hydrogen (secondary N) is 2. The lowest BCUT2D eigenvalue weighted by molar-refractivity contribution is -0.124. The first-order valence-electron chi connectivity index (χ1n) is 5.50. The molecule has 94 valence electrons. The molecule has 0 rings (SSSR count). The van der Waals surface area contributed by atoms with Gasteiger partial charge in [0.25, 0.3) is 0 Å². The van der Waals surface area contributed by atoms with Gasteiger partial charge in [-0.25, -0.2) is 4.79 Å². The van der Waals surface area contributed by atoms with Gasteiger partial charge in [-0.1, -0.05) is 13.8 Å². The number of hydrogen-bond donors (Lipinski definition) is 2. The summed E-state index contributed by atoms with van der Waals surface area (Å²) in [4.78, 5) is 22.5. The van der Waals surface area contributed by atoms with Gasteiger partial charge in [0.05, 0.1) is 6.67 Å². The molecule has 0 spiro atoms. The largest absolute Gasteiger partial charge is 0.444 e. The van der Waals surface area contributed by atoms with E-state index in [4.69, 9.17) is 4.74 Å². The number of carbonyl (C=O) groups is 2. The smallest absolute Gasteiger partial charge is 0.409 e. The first kappa shape index (κ1) is 14.7. The van der Waals surface area contributed by atoms with Crippen LogP contribution < -0.4 is 10.6 Å². The molecule has 2 amide bonds. The molecular weight excluding hydrogens is 208 g/mol.